The number of nitrogens with one attached hydrogen (secondary N) is 1. The van der Waals surface area contributed by atoms with Crippen LogP contribution in [0.25, 0.3) is 11.1 Å². The average Bonchev–Trinajstić information content (AvgIpc) is 2.80. The molecule has 0 aliphatic carbocycles. The molecular weight excluding hydrogens is 461 g/mol. The smallest absolute Gasteiger partial charge is 0.433 e. The van der Waals surface area contributed by atoms with Gasteiger partial charge in [0, 0.05) is 22.9 Å². The lowest BCUT2D eigenvalue weighted by molar-refractivity contribution is -0.141. The molecule has 0 saturated heterocycles. The molecule has 2 N–H and O–H groups in total. The molecule has 0 spiro atoms. The number of halogens is 3. The van der Waals surface area contributed by atoms with Gasteiger partial charge < -0.3 is 10.4 Å². The number of nitrogens with zero attached hydrogens (tertiary/aromatic N) is 1. The molecule has 6 heteroatoms. The van der Waals surface area contributed by atoms with Crippen LogP contribution in [-0.4, -0.2) is 22.2 Å². The predicted molar refractivity (Wildman–Crippen MR) is 144 cm³/mol. The van der Waals surface area contributed by atoms with Crippen LogP contribution in [0.4, 0.5) is 13.2 Å². The van der Waals surface area contributed by atoms with E-state index in [9.17, 15) is 18.3 Å². The molecule has 0 fully saturated rings. The van der Waals surface area contributed by atoms with Crippen molar-refractivity contribution >= 4 is 0 Å². The fourth-order valence-electron chi connectivity index (χ4n) is 4.73. The van der Waals surface area contributed by atoms with Gasteiger partial charge in [-0.15, -0.1) is 0 Å². The van der Waals surface area contributed by atoms with Crippen molar-refractivity contribution in [3.8, 4) is 16.9 Å². The lowest BCUT2D eigenvalue weighted by Crippen LogP contribution is -2.37. The van der Waals surface area contributed by atoms with Gasteiger partial charge in [0.25, 0.3) is 0 Å². The molecule has 0 aliphatic rings. The Labute approximate surface area is 215 Å². The molecule has 1 aromatic carbocycles. The van der Waals surface area contributed by atoms with Crippen molar-refractivity contribution < 1.29 is 18.3 Å². The van der Waals surface area contributed by atoms with Crippen LogP contribution in [0.2, 0.25) is 0 Å². The number of hydrogen-bond acceptors (Lipinski definition) is 3. The van der Waals surface area contributed by atoms with Crippen molar-refractivity contribution in [2.24, 2.45) is 0 Å². The van der Waals surface area contributed by atoms with Crippen molar-refractivity contribution in [1.82, 2.24) is 10.3 Å². The van der Waals surface area contributed by atoms with Gasteiger partial charge in [-0.2, -0.15) is 13.2 Å². The van der Waals surface area contributed by atoms with Gasteiger partial charge in [0.15, 0.2) is 0 Å². The third kappa shape index (κ3) is 8.22. The summed E-state index contributed by atoms with van der Waals surface area (Å²) in [6.07, 6.45) is 5.81. The van der Waals surface area contributed by atoms with E-state index in [2.05, 4.69) is 51.8 Å². The molecule has 2 rings (SSSR count). The van der Waals surface area contributed by atoms with Crippen LogP contribution in [0, 0.1) is 0 Å². The Morgan fingerprint density at radius 2 is 1.33 bits per heavy atom. The number of benzene rings is 1. The first kappa shape index (κ1) is 30.1. The molecule has 202 valence electrons. The molecule has 0 unspecified atom stereocenters. The van der Waals surface area contributed by atoms with Crippen LogP contribution in [-0.2, 0) is 31.9 Å². The Morgan fingerprint density at radius 1 is 0.778 bits per heavy atom. The summed E-state index contributed by atoms with van der Waals surface area (Å²) >= 11 is 0. The third-order valence-electron chi connectivity index (χ3n) is 6.62. The molecule has 0 atom stereocenters. The Morgan fingerprint density at radius 3 is 1.81 bits per heavy atom. The second-order valence-corrected chi connectivity index (χ2v) is 10.8. The van der Waals surface area contributed by atoms with Gasteiger partial charge in [0.1, 0.15) is 11.4 Å². The number of rotatable bonds is 13. The third-order valence-corrected chi connectivity index (χ3v) is 6.62. The van der Waals surface area contributed by atoms with E-state index in [0.717, 1.165) is 92.7 Å². The fraction of sp³-hybridized carbons (Fsp3) is 0.633. The van der Waals surface area contributed by atoms with Crippen molar-refractivity contribution in [1.29, 1.82) is 0 Å². The Kier molecular flexibility index (Phi) is 11.3. The van der Waals surface area contributed by atoms with E-state index >= 15 is 0 Å². The summed E-state index contributed by atoms with van der Waals surface area (Å²) < 4.78 is 39.7. The number of aromatic hydroxyl groups is 1. The van der Waals surface area contributed by atoms with Crippen LogP contribution in [0.15, 0.2) is 18.3 Å². The average molecular weight is 507 g/mol. The molecule has 36 heavy (non-hydrogen) atoms. The predicted octanol–water partition coefficient (Wildman–Crippen LogP) is 8.43. The first-order valence-electron chi connectivity index (χ1n) is 13.6. The normalized spacial score (nSPS) is 12.4. The number of phenols is 1. The number of pyridine rings is 1. The molecule has 0 saturated carbocycles. The lowest BCUT2D eigenvalue weighted by atomic mass is 9.81. The van der Waals surface area contributed by atoms with E-state index in [-0.39, 0.29) is 5.54 Å². The molecule has 0 aliphatic heterocycles. The highest BCUT2D eigenvalue weighted by Crippen LogP contribution is 2.42. The SMILES string of the molecule is CCCCc1c(O)c(CCCC)c(-c2ccc(C(F)(F)F)nc2)c(CCCC)c1CCNC(C)(C)C. The zero-order valence-electron chi connectivity index (χ0n) is 23.0. The maximum atomic E-state index is 13.2. The highest BCUT2D eigenvalue weighted by atomic mass is 19.4. The van der Waals surface area contributed by atoms with Gasteiger partial charge in [-0.1, -0.05) is 46.1 Å². The Hall–Kier alpha value is -2.08. The summed E-state index contributed by atoms with van der Waals surface area (Å²) in [5, 5.41) is 15.2. The van der Waals surface area contributed by atoms with Gasteiger partial charge in [0.2, 0.25) is 0 Å². The standard InChI is InChI=1S/C30H45F3N2O/c1-7-10-13-23-22(18-19-35-29(4,5)6)24(14-11-8-2)28(36)25(15-12-9-3)27(23)21-16-17-26(34-20-21)30(31,32)33/h16-17,20,35-36H,7-15,18-19H2,1-6H3. The summed E-state index contributed by atoms with van der Waals surface area (Å²) in [7, 11) is 0. The van der Waals surface area contributed by atoms with Gasteiger partial charge in [-0.05, 0) is 101 Å². The maximum Gasteiger partial charge on any atom is 0.433 e. The Balaban J connectivity index is 2.80. The largest absolute Gasteiger partial charge is 0.507 e. The molecule has 1 heterocycles. The van der Waals surface area contributed by atoms with E-state index in [4.69, 9.17) is 0 Å². The number of hydrogen-bond donors (Lipinski definition) is 2. The lowest BCUT2D eigenvalue weighted by Gasteiger charge is -2.27. The fourth-order valence-corrected chi connectivity index (χ4v) is 4.73. The minimum absolute atomic E-state index is 0.0313. The van der Waals surface area contributed by atoms with Crippen molar-refractivity contribution in [3.05, 3.63) is 46.3 Å². The van der Waals surface area contributed by atoms with Gasteiger partial charge in [-0.3, -0.25) is 4.98 Å². The van der Waals surface area contributed by atoms with Crippen molar-refractivity contribution in [2.45, 2.75) is 117 Å². The van der Waals surface area contributed by atoms with Crippen molar-refractivity contribution in [3.63, 3.8) is 0 Å². The Bertz CT molecular complexity index is 960. The highest BCUT2D eigenvalue weighted by molar-refractivity contribution is 5.77. The van der Waals surface area contributed by atoms with Crippen LogP contribution in [0.3, 0.4) is 0 Å². The number of aromatic nitrogens is 1. The molecule has 0 bridgehead atoms. The quantitative estimate of drug-likeness (QED) is 0.286. The van der Waals surface area contributed by atoms with Crippen LogP contribution < -0.4 is 5.32 Å². The van der Waals surface area contributed by atoms with E-state index in [1.165, 1.54) is 17.8 Å². The summed E-state index contributed by atoms with van der Waals surface area (Å²) in [4.78, 5) is 3.78. The summed E-state index contributed by atoms with van der Waals surface area (Å²) in [6, 6.07) is 2.59. The van der Waals surface area contributed by atoms with E-state index < -0.39 is 11.9 Å². The molecular formula is C30H45F3N2O. The topological polar surface area (TPSA) is 45.2 Å². The van der Waals surface area contributed by atoms with Crippen LogP contribution in [0.5, 0.6) is 5.75 Å². The minimum atomic E-state index is -4.48. The van der Waals surface area contributed by atoms with E-state index in [1.54, 1.807) is 0 Å². The highest BCUT2D eigenvalue weighted by Gasteiger charge is 2.32. The molecule has 3 nitrogen and oxygen atoms in total. The van der Waals surface area contributed by atoms with Gasteiger partial charge in [0.05, 0.1) is 0 Å². The first-order valence-corrected chi connectivity index (χ1v) is 13.6. The van der Waals surface area contributed by atoms with E-state index in [1.807, 2.05) is 0 Å². The number of alkyl halides is 3. The summed E-state index contributed by atoms with van der Waals surface area (Å²) in [5.41, 5.74) is 4.83. The first-order chi connectivity index (χ1) is 16.9. The molecule has 0 radical (unpaired) electrons. The number of phenolic OH excluding ortho intramolecular Hbond substituents is 1. The van der Waals surface area contributed by atoms with Crippen molar-refractivity contribution in [2.75, 3.05) is 6.54 Å². The monoisotopic (exact) mass is 506 g/mol. The minimum Gasteiger partial charge on any atom is -0.507 e. The summed E-state index contributed by atoms with van der Waals surface area (Å²) in [5.74, 6) is 0.331. The maximum absolute atomic E-state index is 13.2. The van der Waals surface area contributed by atoms with Gasteiger partial charge >= 0.3 is 6.18 Å². The zero-order valence-corrected chi connectivity index (χ0v) is 23.0. The van der Waals surface area contributed by atoms with E-state index in [0.29, 0.717) is 17.7 Å². The summed E-state index contributed by atoms with van der Waals surface area (Å²) in [6.45, 7) is 13.6. The van der Waals surface area contributed by atoms with Crippen LogP contribution >= 0.6 is 0 Å². The molecule has 1 aromatic heterocycles. The van der Waals surface area contributed by atoms with Crippen LogP contribution in [0.1, 0.15) is 108 Å². The second kappa shape index (κ2) is 13.5. The molecule has 0 amide bonds. The zero-order chi connectivity index (χ0) is 26.9. The number of unbranched alkanes of at least 4 members (excludes halogenated alkanes) is 3. The second-order valence-electron chi connectivity index (χ2n) is 10.8. The van der Waals surface area contributed by atoms with Gasteiger partial charge in [-0.25, -0.2) is 0 Å². The molecule has 2 aromatic rings.